The van der Waals surface area contributed by atoms with Crippen LogP contribution in [0.1, 0.15) is 24.2 Å². The number of likely N-dealkylation sites (tertiary alicyclic amines) is 1. The molecular formula is C28H28Cl2N4O2. The molecule has 0 spiro atoms. The van der Waals surface area contributed by atoms with Crippen LogP contribution < -0.4 is 10.1 Å². The van der Waals surface area contributed by atoms with Crippen molar-refractivity contribution in [2.45, 2.75) is 25.9 Å². The van der Waals surface area contributed by atoms with Crippen LogP contribution in [0.2, 0.25) is 10.0 Å². The number of nitrogens with one attached hydrogen (secondary N) is 1. The van der Waals surface area contributed by atoms with Gasteiger partial charge >= 0.3 is 0 Å². The molecule has 4 aromatic rings. The second kappa shape index (κ2) is 10.9. The maximum absolute atomic E-state index is 12.9. The van der Waals surface area contributed by atoms with Crippen molar-refractivity contribution in [2.75, 3.05) is 25.5 Å². The number of ether oxygens (including phenoxy) is 1. The number of anilines is 1. The first-order valence-corrected chi connectivity index (χ1v) is 12.8. The van der Waals surface area contributed by atoms with Gasteiger partial charge in [0.25, 0.3) is 0 Å². The number of rotatable bonds is 7. The summed E-state index contributed by atoms with van der Waals surface area (Å²) < 4.78 is 7.59. The molecule has 0 atom stereocenters. The Balaban J connectivity index is 1.26. The first-order valence-electron chi connectivity index (χ1n) is 12.1. The molecule has 0 aliphatic carbocycles. The average Bonchev–Trinajstić information content (AvgIpc) is 3.24. The minimum Gasteiger partial charge on any atom is -0.497 e. The van der Waals surface area contributed by atoms with Crippen molar-refractivity contribution < 1.29 is 9.53 Å². The van der Waals surface area contributed by atoms with Crippen LogP contribution >= 0.6 is 23.2 Å². The molecule has 8 heteroatoms. The Morgan fingerprint density at radius 3 is 2.50 bits per heavy atom. The Kier molecular flexibility index (Phi) is 7.46. The van der Waals surface area contributed by atoms with E-state index in [-0.39, 0.29) is 11.8 Å². The first-order chi connectivity index (χ1) is 17.5. The second-order valence-corrected chi connectivity index (χ2v) is 9.88. The quantitative estimate of drug-likeness (QED) is 0.311. The van der Waals surface area contributed by atoms with E-state index in [0.717, 1.165) is 61.6 Å². The summed E-state index contributed by atoms with van der Waals surface area (Å²) in [5, 5.41) is 3.76. The fourth-order valence-electron chi connectivity index (χ4n) is 4.72. The van der Waals surface area contributed by atoms with Gasteiger partial charge < -0.3 is 14.6 Å². The maximum atomic E-state index is 12.9. The lowest BCUT2D eigenvalue weighted by molar-refractivity contribution is -0.121. The van der Waals surface area contributed by atoms with E-state index in [4.69, 9.17) is 32.9 Å². The molecule has 3 aromatic carbocycles. The fraction of sp³-hybridized carbons (Fsp3) is 0.286. The number of hydrogen-bond donors (Lipinski definition) is 1. The lowest BCUT2D eigenvalue weighted by atomic mass is 9.96. The Labute approximate surface area is 220 Å². The maximum Gasteiger partial charge on any atom is 0.227 e. The summed E-state index contributed by atoms with van der Waals surface area (Å²) in [6.07, 6.45) is 1.56. The van der Waals surface area contributed by atoms with Crippen molar-refractivity contribution in [1.82, 2.24) is 14.5 Å². The fourth-order valence-corrected chi connectivity index (χ4v) is 5.07. The standard InChI is InChI=1S/C28H28Cl2N4O2/c1-36-21-11-9-19(10-12-21)17-34-25-8-3-2-6-23(25)31-26(34)18-33-15-13-20(14-16-33)28(35)32-24-7-4-5-22(29)27(24)30/h2-12,20H,13-18H2,1H3,(H,32,35). The third kappa shape index (κ3) is 5.36. The highest BCUT2D eigenvalue weighted by molar-refractivity contribution is 6.44. The number of imidazole rings is 1. The van der Waals surface area contributed by atoms with Crippen LogP contribution in [0.4, 0.5) is 5.69 Å². The zero-order valence-corrected chi connectivity index (χ0v) is 21.6. The Bertz CT molecular complexity index is 1360. The molecule has 1 aromatic heterocycles. The van der Waals surface area contributed by atoms with Gasteiger partial charge in [-0.05, 0) is 67.9 Å². The number of nitrogens with zero attached hydrogens (tertiary/aromatic N) is 3. The van der Waals surface area contributed by atoms with Gasteiger partial charge in [-0.25, -0.2) is 4.98 Å². The molecule has 0 radical (unpaired) electrons. The number of para-hydroxylation sites is 2. The molecule has 5 rings (SSSR count). The molecule has 0 unspecified atom stereocenters. The number of halogens is 2. The van der Waals surface area contributed by atoms with Gasteiger partial charge in [-0.1, -0.05) is 53.5 Å². The van der Waals surface area contributed by atoms with Crippen LogP contribution in [0.25, 0.3) is 11.0 Å². The number of benzene rings is 3. The van der Waals surface area contributed by atoms with Gasteiger partial charge in [0.05, 0.1) is 40.4 Å². The van der Waals surface area contributed by atoms with Gasteiger partial charge in [-0.15, -0.1) is 0 Å². The summed E-state index contributed by atoms with van der Waals surface area (Å²) in [6, 6.07) is 21.7. The van der Waals surface area contributed by atoms with Gasteiger partial charge in [0.1, 0.15) is 11.6 Å². The lowest BCUT2D eigenvalue weighted by Crippen LogP contribution is -2.38. The van der Waals surface area contributed by atoms with Gasteiger partial charge in [0.2, 0.25) is 5.91 Å². The molecule has 0 bridgehead atoms. The number of fused-ring (bicyclic) bond motifs is 1. The Morgan fingerprint density at radius 1 is 1.00 bits per heavy atom. The number of hydrogen-bond acceptors (Lipinski definition) is 4. The van der Waals surface area contributed by atoms with Crippen LogP contribution in [-0.2, 0) is 17.9 Å². The lowest BCUT2D eigenvalue weighted by Gasteiger charge is -2.31. The zero-order valence-electron chi connectivity index (χ0n) is 20.1. The van der Waals surface area contributed by atoms with Gasteiger partial charge in [0, 0.05) is 12.5 Å². The molecule has 186 valence electrons. The Morgan fingerprint density at radius 2 is 1.75 bits per heavy atom. The van der Waals surface area contributed by atoms with E-state index in [1.165, 1.54) is 5.56 Å². The van der Waals surface area contributed by atoms with Crippen molar-refractivity contribution in [2.24, 2.45) is 5.92 Å². The van der Waals surface area contributed by atoms with Crippen molar-refractivity contribution in [3.8, 4) is 5.75 Å². The zero-order chi connectivity index (χ0) is 25.1. The molecule has 1 aliphatic rings. The van der Waals surface area contributed by atoms with Crippen molar-refractivity contribution in [3.63, 3.8) is 0 Å². The molecule has 1 amide bonds. The predicted molar refractivity (Wildman–Crippen MR) is 145 cm³/mol. The average molecular weight is 523 g/mol. The smallest absolute Gasteiger partial charge is 0.227 e. The molecule has 1 fully saturated rings. The predicted octanol–water partition coefficient (Wildman–Crippen LogP) is 6.25. The SMILES string of the molecule is COc1ccc(Cn2c(CN3CCC(C(=O)Nc4cccc(Cl)c4Cl)CC3)nc3ccccc32)cc1. The van der Waals surface area contributed by atoms with Gasteiger partial charge in [0.15, 0.2) is 0 Å². The van der Waals surface area contributed by atoms with E-state index < -0.39 is 0 Å². The summed E-state index contributed by atoms with van der Waals surface area (Å²) in [7, 11) is 1.68. The van der Waals surface area contributed by atoms with Crippen LogP contribution in [0.5, 0.6) is 5.75 Å². The molecule has 1 aliphatic heterocycles. The van der Waals surface area contributed by atoms with E-state index in [0.29, 0.717) is 15.7 Å². The summed E-state index contributed by atoms with van der Waals surface area (Å²) in [5.74, 6) is 1.81. The van der Waals surface area contributed by atoms with Crippen LogP contribution in [0.3, 0.4) is 0 Å². The van der Waals surface area contributed by atoms with Crippen molar-refractivity contribution in [1.29, 1.82) is 0 Å². The second-order valence-electron chi connectivity index (χ2n) is 9.09. The normalized spacial score (nSPS) is 14.8. The molecule has 1 N–H and O–H groups in total. The number of aromatic nitrogens is 2. The van der Waals surface area contributed by atoms with E-state index in [1.54, 1.807) is 25.3 Å². The minimum absolute atomic E-state index is 0.00874. The molecule has 0 saturated carbocycles. The summed E-state index contributed by atoms with van der Waals surface area (Å²) in [6.45, 7) is 3.12. The number of amides is 1. The topological polar surface area (TPSA) is 59.4 Å². The molecule has 1 saturated heterocycles. The summed E-state index contributed by atoms with van der Waals surface area (Å²) in [5.41, 5.74) is 3.86. The van der Waals surface area contributed by atoms with E-state index in [9.17, 15) is 4.79 Å². The van der Waals surface area contributed by atoms with Gasteiger partial charge in [-0.3, -0.25) is 9.69 Å². The minimum atomic E-state index is -0.0607. The van der Waals surface area contributed by atoms with Crippen LogP contribution in [-0.4, -0.2) is 40.6 Å². The molecular weight excluding hydrogens is 495 g/mol. The third-order valence-electron chi connectivity index (χ3n) is 6.77. The van der Waals surface area contributed by atoms with Crippen molar-refractivity contribution in [3.05, 3.63) is 88.2 Å². The molecule has 6 nitrogen and oxygen atoms in total. The van der Waals surface area contributed by atoms with Gasteiger partial charge in [-0.2, -0.15) is 0 Å². The molecule has 2 heterocycles. The number of methoxy groups -OCH3 is 1. The highest BCUT2D eigenvalue weighted by Gasteiger charge is 2.26. The van der Waals surface area contributed by atoms with E-state index in [1.807, 2.05) is 18.2 Å². The highest BCUT2D eigenvalue weighted by Crippen LogP contribution is 2.31. The highest BCUT2D eigenvalue weighted by atomic mass is 35.5. The third-order valence-corrected chi connectivity index (χ3v) is 7.59. The van der Waals surface area contributed by atoms with Crippen molar-refractivity contribution >= 4 is 45.8 Å². The summed E-state index contributed by atoms with van der Waals surface area (Å²) in [4.78, 5) is 20.2. The van der Waals surface area contributed by atoms with E-state index >= 15 is 0 Å². The monoisotopic (exact) mass is 522 g/mol. The number of piperidine rings is 1. The Hall–Kier alpha value is -3.06. The largest absolute Gasteiger partial charge is 0.497 e. The van der Waals surface area contributed by atoms with E-state index in [2.05, 4.69) is 45.1 Å². The number of carbonyl (C=O) groups excluding carboxylic acids is 1. The van der Waals surface area contributed by atoms with Crippen LogP contribution in [0, 0.1) is 5.92 Å². The number of carbonyl (C=O) groups is 1. The molecule has 36 heavy (non-hydrogen) atoms. The first kappa shape index (κ1) is 24.6. The van der Waals surface area contributed by atoms with Crippen LogP contribution in [0.15, 0.2) is 66.7 Å². The summed E-state index contributed by atoms with van der Waals surface area (Å²) >= 11 is 12.3.